The lowest BCUT2D eigenvalue weighted by Gasteiger charge is -2.02. The number of esters is 1. The summed E-state index contributed by atoms with van der Waals surface area (Å²) in [6.45, 7) is 2.15. The Kier molecular flexibility index (Phi) is 3.05. The highest BCUT2D eigenvalue weighted by atomic mass is 32.1. The molecule has 0 spiro atoms. The van der Waals surface area contributed by atoms with E-state index in [1.54, 1.807) is 31.2 Å². The third kappa shape index (κ3) is 1.95. The molecule has 0 amide bonds. The molecular formula is C9H9O2S. The van der Waals surface area contributed by atoms with Gasteiger partial charge in [0.15, 0.2) is 0 Å². The van der Waals surface area contributed by atoms with Crippen molar-refractivity contribution in [1.82, 2.24) is 0 Å². The van der Waals surface area contributed by atoms with Gasteiger partial charge >= 0.3 is 5.97 Å². The van der Waals surface area contributed by atoms with E-state index < -0.39 is 0 Å². The highest BCUT2D eigenvalue weighted by Gasteiger charge is 2.08. The molecule has 0 N–H and O–H groups in total. The second kappa shape index (κ2) is 4.07. The molecule has 0 fully saturated rings. The van der Waals surface area contributed by atoms with E-state index in [1.165, 1.54) is 0 Å². The zero-order valence-electron chi connectivity index (χ0n) is 6.74. The summed E-state index contributed by atoms with van der Waals surface area (Å²) in [5.74, 6) is -0.344. The summed E-state index contributed by atoms with van der Waals surface area (Å²) in [6, 6.07) is 6.94. The highest BCUT2D eigenvalue weighted by molar-refractivity contribution is 7.80. The van der Waals surface area contributed by atoms with Crippen LogP contribution in [0.2, 0.25) is 0 Å². The van der Waals surface area contributed by atoms with Gasteiger partial charge in [-0.25, -0.2) is 4.79 Å². The van der Waals surface area contributed by atoms with Crippen molar-refractivity contribution in [2.24, 2.45) is 0 Å². The number of hydrogen-bond acceptors (Lipinski definition) is 2. The van der Waals surface area contributed by atoms with E-state index in [9.17, 15) is 4.79 Å². The molecule has 0 saturated carbocycles. The van der Waals surface area contributed by atoms with Crippen LogP contribution in [0.1, 0.15) is 17.3 Å². The Morgan fingerprint density at radius 1 is 1.50 bits per heavy atom. The van der Waals surface area contributed by atoms with Crippen molar-refractivity contribution in [3.05, 3.63) is 29.8 Å². The van der Waals surface area contributed by atoms with Gasteiger partial charge in [0.2, 0.25) is 0 Å². The van der Waals surface area contributed by atoms with E-state index in [2.05, 4.69) is 0 Å². The first-order valence-electron chi connectivity index (χ1n) is 3.69. The molecule has 63 valence electrons. The predicted molar refractivity (Wildman–Crippen MR) is 48.3 cm³/mol. The van der Waals surface area contributed by atoms with Crippen molar-refractivity contribution in [2.45, 2.75) is 11.8 Å². The summed E-state index contributed by atoms with van der Waals surface area (Å²) in [6.07, 6.45) is 0. The third-order valence-corrected chi connectivity index (χ3v) is 1.74. The maximum atomic E-state index is 11.2. The second-order valence-corrected chi connectivity index (χ2v) is 2.66. The van der Waals surface area contributed by atoms with Crippen LogP contribution in [0.5, 0.6) is 0 Å². The molecule has 0 aliphatic heterocycles. The fourth-order valence-corrected chi connectivity index (χ4v) is 1.07. The lowest BCUT2D eigenvalue weighted by molar-refractivity contribution is 0.0522. The van der Waals surface area contributed by atoms with Crippen molar-refractivity contribution in [3.63, 3.8) is 0 Å². The lowest BCUT2D eigenvalue weighted by atomic mass is 10.2. The molecule has 0 aliphatic carbocycles. The summed E-state index contributed by atoms with van der Waals surface area (Å²) in [7, 11) is 0. The molecule has 0 aromatic heterocycles. The van der Waals surface area contributed by atoms with Crippen molar-refractivity contribution >= 4 is 18.6 Å². The van der Waals surface area contributed by atoms with Gasteiger partial charge in [0.05, 0.1) is 17.1 Å². The van der Waals surface area contributed by atoms with Crippen molar-refractivity contribution < 1.29 is 9.53 Å². The van der Waals surface area contributed by atoms with Gasteiger partial charge in [-0.05, 0) is 19.1 Å². The minimum absolute atomic E-state index is 0.344. The Morgan fingerprint density at radius 3 is 2.75 bits per heavy atom. The standard InChI is InChI=1S/C9H9O2S/c1-2-11-9(10)7-5-3-4-6-8(7)12/h3-6H,2H2,1H3. The SMILES string of the molecule is CCOC(=O)c1ccccc1[S]. The van der Waals surface area contributed by atoms with Gasteiger partial charge in [-0.15, -0.1) is 0 Å². The average molecular weight is 181 g/mol. The van der Waals surface area contributed by atoms with Gasteiger partial charge in [0, 0.05) is 0 Å². The molecule has 12 heavy (non-hydrogen) atoms. The maximum Gasteiger partial charge on any atom is 0.339 e. The van der Waals surface area contributed by atoms with Crippen LogP contribution >= 0.6 is 12.6 Å². The maximum absolute atomic E-state index is 11.2. The molecule has 0 aliphatic rings. The van der Waals surface area contributed by atoms with Gasteiger partial charge in [0.25, 0.3) is 0 Å². The predicted octanol–water partition coefficient (Wildman–Crippen LogP) is 2.42. The monoisotopic (exact) mass is 181 g/mol. The van der Waals surface area contributed by atoms with Gasteiger partial charge in [-0.1, -0.05) is 24.8 Å². The lowest BCUT2D eigenvalue weighted by Crippen LogP contribution is -2.05. The molecule has 1 aromatic carbocycles. The zero-order valence-corrected chi connectivity index (χ0v) is 7.56. The van der Waals surface area contributed by atoms with E-state index >= 15 is 0 Å². The minimum atomic E-state index is -0.344. The first-order valence-corrected chi connectivity index (χ1v) is 4.09. The number of carbonyl (C=O) groups is 1. The van der Waals surface area contributed by atoms with Gasteiger partial charge < -0.3 is 4.74 Å². The summed E-state index contributed by atoms with van der Waals surface area (Å²) in [5.41, 5.74) is 0.467. The van der Waals surface area contributed by atoms with Crippen LogP contribution < -0.4 is 0 Å². The molecule has 0 heterocycles. The van der Waals surface area contributed by atoms with Crippen LogP contribution in [0.25, 0.3) is 0 Å². The highest BCUT2D eigenvalue weighted by Crippen LogP contribution is 2.13. The Morgan fingerprint density at radius 2 is 2.17 bits per heavy atom. The van der Waals surface area contributed by atoms with Crippen molar-refractivity contribution in [1.29, 1.82) is 0 Å². The molecule has 0 atom stereocenters. The van der Waals surface area contributed by atoms with Crippen LogP contribution in [0, 0.1) is 0 Å². The Bertz CT molecular complexity index is 284. The number of benzene rings is 1. The molecule has 2 nitrogen and oxygen atoms in total. The fourth-order valence-electron chi connectivity index (χ4n) is 0.844. The summed E-state index contributed by atoms with van der Waals surface area (Å²) in [4.78, 5) is 11.7. The van der Waals surface area contributed by atoms with Gasteiger partial charge in [-0.2, -0.15) is 0 Å². The second-order valence-electron chi connectivity index (χ2n) is 2.22. The summed E-state index contributed by atoms with van der Waals surface area (Å²) in [5, 5.41) is 0. The molecule has 0 saturated heterocycles. The van der Waals surface area contributed by atoms with Crippen LogP contribution in [0.15, 0.2) is 29.2 Å². The van der Waals surface area contributed by atoms with Crippen molar-refractivity contribution in [2.75, 3.05) is 6.61 Å². The van der Waals surface area contributed by atoms with E-state index in [-0.39, 0.29) is 5.97 Å². The topological polar surface area (TPSA) is 26.3 Å². The summed E-state index contributed by atoms with van der Waals surface area (Å²) < 4.78 is 4.80. The Hall–Kier alpha value is -1.09. The van der Waals surface area contributed by atoms with Gasteiger partial charge in [0.1, 0.15) is 0 Å². The normalized spacial score (nSPS) is 9.42. The zero-order chi connectivity index (χ0) is 8.97. The smallest absolute Gasteiger partial charge is 0.339 e. The number of ether oxygens (including phenoxy) is 1. The van der Waals surface area contributed by atoms with E-state index in [1.807, 2.05) is 0 Å². The molecular weight excluding hydrogens is 172 g/mol. The number of hydrogen-bond donors (Lipinski definition) is 0. The van der Waals surface area contributed by atoms with E-state index in [0.717, 1.165) is 0 Å². The van der Waals surface area contributed by atoms with Gasteiger partial charge in [-0.3, -0.25) is 0 Å². The van der Waals surface area contributed by atoms with Crippen LogP contribution in [-0.4, -0.2) is 12.6 Å². The summed E-state index contributed by atoms with van der Waals surface area (Å²) >= 11 is 4.94. The average Bonchev–Trinajstić information content (AvgIpc) is 2.05. The largest absolute Gasteiger partial charge is 0.462 e. The first-order chi connectivity index (χ1) is 5.75. The van der Waals surface area contributed by atoms with Crippen LogP contribution in [-0.2, 0) is 4.74 Å². The fraction of sp³-hybridized carbons (Fsp3) is 0.222. The molecule has 0 unspecified atom stereocenters. The Labute approximate surface area is 77.0 Å². The molecule has 1 rings (SSSR count). The van der Waals surface area contributed by atoms with E-state index in [0.29, 0.717) is 17.1 Å². The third-order valence-electron chi connectivity index (χ3n) is 1.38. The van der Waals surface area contributed by atoms with E-state index in [4.69, 9.17) is 17.4 Å². The number of carbonyl (C=O) groups excluding carboxylic acids is 1. The van der Waals surface area contributed by atoms with Crippen LogP contribution in [0.4, 0.5) is 0 Å². The molecule has 1 aromatic rings. The number of rotatable bonds is 2. The molecule has 0 bridgehead atoms. The van der Waals surface area contributed by atoms with Crippen LogP contribution in [0.3, 0.4) is 0 Å². The van der Waals surface area contributed by atoms with Crippen molar-refractivity contribution in [3.8, 4) is 0 Å². The quantitative estimate of drug-likeness (QED) is 0.655. The molecule has 1 radical (unpaired) electrons. The Balaban J connectivity index is 2.87. The first kappa shape index (κ1) is 9.00. The molecule has 3 heteroatoms. The minimum Gasteiger partial charge on any atom is -0.462 e.